The van der Waals surface area contributed by atoms with Crippen molar-refractivity contribution >= 4 is 0 Å². The summed E-state index contributed by atoms with van der Waals surface area (Å²) in [6.45, 7) is 1.84. The molecule has 1 N–H and O–H groups in total. The maximum absolute atomic E-state index is 10.3. The van der Waals surface area contributed by atoms with Gasteiger partial charge in [-0.3, -0.25) is 4.98 Å². The predicted molar refractivity (Wildman–Crippen MR) is 62.8 cm³/mol. The molecule has 0 aromatic carbocycles. The lowest BCUT2D eigenvalue weighted by Crippen LogP contribution is -2.04. The second-order valence-corrected chi connectivity index (χ2v) is 3.82. The number of ether oxygens (including phenoxy) is 1. The SMILES string of the molecule is COc1c(C(O)c2cccnc2)c(C)nn1C. The zero-order valence-electron chi connectivity index (χ0n) is 10.1. The highest BCUT2D eigenvalue weighted by molar-refractivity contribution is 5.38. The van der Waals surface area contributed by atoms with Crippen LogP contribution in [0.15, 0.2) is 24.5 Å². The Morgan fingerprint density at radius 1 is 1.47 bits per heavy atom. The Bertz CT molecular complexity index is 508. The van der Waals surface area contributed by atoms with Crippen LogP contribution in [0.25, 0.3) is 0 Å². The summed E-state index contributed by atoms with van der Waals surface area (Å²) in [5.41, 5.74) is 2.16. The van der Waals surface area contributed by atoms with Gasteiger partial charge >= 0.3 is 0 Å². The minimum atomic E-state index is -0.771. The van der Waals surface area contributed by atoms with Gasteiger partial charge in [0.2, 0.25) is 5.88 Å². The number of aromatic nitrogens is 3. The number of methoxy groups -OCH3 is 1. The molecule has 0 aliphatic rings. The molecule has 5 heteroatoms. The monoisotopic (exact) mass is 233 g/mol. The summed E-state index contributed by atoms with van der Waals surface area (Å²) in [5, 5.41) is 14.6. The zero-order valence-corrected chi connectivity index (χ0v) is 10.1. The second kappa shape index (κ2) is 4.55. The highest BCUT2D eigenvalue weighted by Crippen LogP contribution is 2.31. The summed E-state index contributed by atoms with van der Waals surface area (Å²) in [6.07, 6.45) is 2.53. The molecule has 1 unspecified atom stereocenters. The molecule has 0 amide bonds. The molecule has 2 heterocycles. The highest BCUT2D eigenvalue weighted by atomic mass is 16.5. The van der Waals surface area contributed by atoms with Crippen molar-refractivity contribution in [3.05, 3.63) is 41.3 Å². The fraction of sp³-hybridized carbons (Fsp3) is 0.333. The molecular formula is C12H15N3O2. The quantitative estimate of drug-likeness (QED) is 0.865. The molecular weight excluding hydrogens is 218 g/mol. The molecule has 17 heavy (non-hydrogen) atoms. The average molecular weight is 233 g/mol. The van der Waals surface area contributed by atoms with E-state index in [2.05, 4.69) is 10.1 Å². The molecule has 0 saturated carbocycles. The van der Waals surface area contributed by atoms with Crippen LogP contribution in [0, 0.1) is 6.92 Å². The summed E-state index contributed by atoms with van der Waals surface area (Å²) in [4.78, 5) is 4.00. The van der Waals surface area contributed by atoms with Gasteiger partial charge in [0, 0.05) is 25.0 Å². The molecule has 0 radical (unpaired) electrons. The number of nitrogens with zero attached hydrogens (tertiary/aromatic N) is 3. The van der Waals surface area contributed by atoms with Crippen LogP contribution in [0.4, 0.5) is 0 Å². The molecule has 2 aromatic heterocycles. The first-order chi connectivity index (χ1) is 8.15. The van der Waals surface area contributed by atoms with E-state index in [1.807, 2.05) is 13.0 Å². The van der Waals surface area contributed by atoms with Gasteiger partial charge in [-0.05, 0) is 13.0 Å². The van der Waals surface area contributed by atoms with Crippen LogP contribution in [0.2, 0.25) is 0 Å². The van der Waals surface area contributed by atoms with Crippen LogP contribution in [-0.4, -0.2) is 27.0 Å². The van der Waals surface area contributed by atoms with Gasteiger partial charge in [-0.15, -0.1) is 0 Å². The van der Waals surface area contributed by atoms with Crippen molar-refractivity contribution in [2.24, 2.45) is 7.05 Å². The molecule has 0 spiro atoms. The third-order valence-electron chi connectivity index (χ3n) is 2.68. The summed E-state index contributed by atoms with van der Waals surface area (Å²) in [5.74, 6) is 0.568. The van der Waals surface area contributed by atoms with Crippen molar-refractivity contribution < 1.29 is 9.84 Å². The van der Waals surface area contributed by atoms with E-state index in [1.54, 1.807) is 37.3 Å². The topological polar surface area (TPSA) is 60.2 Å². The van der Waals surface area contributed by atoms with Crippen molar-refractivity contribution in [3.8, 4) is 5.88 Å². The van der Waals surface area contributed by atoms with Gasteiger partial charge in [0.05, 0.1) is 18.4 Å². The fourth-order valence-corrected chi connectivity index (χ4v) is 1.91. The molecule has 2 rings (SSSR count). The first-order valence-electron chi connectivity index (χ1n) is 5.30. The molecule has 0 bridgehead atoms. The van der Waals surface area contributed by atoms with E-state index in [0.717, 1.165) is 11.3 Å². The number of hydrogen-bond donors (Lipinski definition) is 1. The molecule has 0 aliphatic heterocycles. The lowest BCUT2D eigenvalue weighted by molar-refractivity contribution is 0.212. The van der Waals surface area contributed by atoms with Gasteiger partial charge in [0.1, 0.15) is 6.10 Å². The first-order valence-corrected chi connectivity index (χ1v) is 5.30. The minimum Gasteiger partial charge on any atom is -0.481 e. The molecule has 5 nitrogen and oxygen atoms in total. The van der Waals surface area contributed by atoms with E-state index < -0.39 is 6.10 Å². The number of aryl methyl sites for hydroxylation is 2. The van der Waals surface area contributed by atoms with Crippen molar-refractivity contribution in [1.29, 1.82) is 0 Å². The molecule has 0 saturated heterocycles. The minimum absolute atomic E-state index is 0.568. The zero-order chi connectivity index (χ0) is 12.4. The van der Waals surface area contributed by atoms with Crippen molar-refractivity contribution in [1.82, 2.24) is 14.8 Å². The van der Waals surface area contributed by atoms with Crippen LogP contribution in [-0.2, 0) is 7.05 Å². The van der Waals surface area contributed by atoms with Gasteiger partial charge in [0.15, 0.2) is 0 Å². The Balaban J connectivity index is 2.47. The van der Waals surface area contributed by atoms with Crippen LogP contribution >= 0.6 is 0 Å². The Morgan fingerprint density at radius 2 is 2.24 bits per heavy atom. The number of aliphatic hydroxyl groups is 1. The average Bonchev–Trinajstić information content (AvgIpc) is 2.63. The normalized spacial score (nSPS) is 12.5. The molecule has 1 atom stereocenters. The lowest BCUT2D eigenvalue weighted by Gasteiger charge is -2.12. The van der Waals surface area contributed by atoms with Crippen LogP contribution < -0.4 is 4.74 Å². The van der Waals surface area contributed by atoms with Gasteiger partial charge in [0.25, 0.3) is 0 Å². The fourth-order valence-electron chi connectivity index (χ4n) is 1.91. The predicted octanol–water partition coefficient (Wildman–Crippen LogP) is 1.21. The Labute approximate surface area is 99.7 Å². The molecule has 90 valence electrons. The standard InChI is InChI=1S/C12H15N3O2/c1-8-10(12(17-3)15(2)14-8)11(16)9-5-4-6-13-7-9/h4-7,11,16H,1-3H3. The van der Waals surface area contributed by atoms with Gasteiger partial charge in [-0.2, -0.15) is 5.10 Å². The van der Waals surface area contributed by atoms with E-state index in [-0.39, 0.29) is 0 Å². The number of hydrogen-bond acceptors (Lipinski definition) is 4. The second-order valence-electron chi connectivity index (χ2n) is 3.82. The molecule has 0 fully saturated rings. The third kappa shape index (κ3) is 2.01. The third-order valence-corrected chi connectivity index (χ3v) is 2.68. The largest absolute Gasteiger partial charge is 0.481 e. The van der Waals surface area contributed by atoms with Crippen molar-refractivity contribution in [3.63, 3.8) is 0 Å². The Morgan fingerprint density at radius 3 is 2.82 bits per heavy atom. The van der Waals surface area contributed by atoms with Gasteiger partial charge < -0.3 is 9.84 Å². The summed E-state index contributed by atoms with van der Waals surface area (Å²) in [7, 11) is 3.35. The lowest BCUT2D eigenvalue weighted by atomic mass is 10.0. The van der Waals surface area contributed by atoms with Gasteiger partial charge in [-0.25, -0.2) is 4.68 Å². The van der Waals surface area contributed by atoms with E-state index in [4.69, 9.17) is 4.74 Å². The van der Waals surface area contributed by atoms with Crippen LogP contribution in [0.1, 0.15) is 22.9 Å². The van der Waals surface area contributed by atoms with E-state index in [1.165, 1.54) is 0 Å². The van der Waals surface area contributed by atoms with E-state index >= 15 is 0 Å². The molecule has 2 aromatic rings. The smallest absolute Gasteiger partial charge is 0.217 e. The number of aliphatic hydroxyl groups excluding tert-OH is 1. The number of pyridine rings is 1. The first kappa shape index (κ1) is 11.6. The van der Waals surface area contributed by atoms with E-state index in [9.17, 15) is 5.11 Å². The van der Waals surface area contributed by atoms with Gasteiger partial charge in [-0.1, -0.05) is 6.07 Å². The van der Waals surface area contributed by atoms with Crippen molar-refractivity contribution in [2.45, 2.75) is 13.0 Å². The summed E-state index contributed by atoms with van der Waals surface area (Å²) >= 11 is 0. The maximum atomic E-state index is 10.3. The summed E-state index contributed by atoms with van der Waals surface area (Å²) < 4.78 is 6.87. The molecule has 0 aliphatic carbocycles. The van der Waals surface area contributed by atoms with Crippen LogP contribution in [0.5, 0.6) is 5.88 Å². The van der Waals surface area contributed by atoms with Crippen molar-refractivity contribution in [2.75, 3.05) is 7.11 Å². The highest BCUT2D eigenvalue weighted by Gasteiger charge is 2.22. The number of rotatable bonds is 3. The Hall–Kier alpha value is -1.88. The maximum Gasteiger partial charge on any atom is 0.217 e. The van der Waals surface area contributed by atoms with Crippen LogP contribution in [0.3, 0.4) is 0 Å². The van der Waals surface area contributed by atoms with E-state index in [0.29, 0.717) is 11.4 Å². The Kier molecular flexibility index (Phi) is 3.10. The summed E-state index contributed by atoms with van der Waals surface area (Å²) in [6, 6.07) is 3.61.